The quantitative estimate of drug-likeness (QED) is 0.0592. The molecule has 2 atom stereocenters. The Kier molecular flexibility index (Phi) is 15.2. The topological polar surface area (TPSA) is 96.3 Å². The molecular weight excluding hydrogens is 586 g/mol. The predicted molar refractivity (Wildman–Crippen MR) is 183 cm³/mol. The lowest BCUT2D eigenvalue weighted by molar-refractivity contribution is -0.0374. The third-order valence-corrected chi connectivity index (χ3v) is 13.7. The molecular formula is C36H59NO7Si. The minimum absolute atomic E-state index is 0.0677. The molecule has 0 unspecified atom stereocenters. The SMILES string of the molecule is CC[C@@H](C)C[C@@H](C)/C=C(C)/C=C/C=C/C(=O)c1c(OCOC)ncc(C2(O)CCC(O[Si](C)(C)C(C)(C)C)CC2)c1OCOC. The molecule has 0 aliphatic heterocycles. The van der Waals surface area contributed by atoms with E-state index in [2.05, 4.69) is 72.6 Å². The lowest BCUT2D eigenvalue weighted by Crippen LogP contribution is -2.46. The summed E-state index contributed by atoms with van der Waals surface area (Å²) in [4.78, 5) is 18.2. The number of nitrogens with zero attached hydrogens (tertiary/aromatic N) is 1. The molecule has 0 saturated heterocycles. The van der Waals surface area contributed by atoms with Crippen molar-refractivity contribution in [2.45, 2.75) is 117 Å². The van der Waals surface area contributed by atoms with Gasteiger partial charge >= 0.3 is 0 Å². The van der Waals surface area contributed by atoms with Crippen molar-refractivity contribution in [3.63, 3.8) is 0 Å². The van der Waals surface area contributed by atoms with E-state index in [0.29, 0.717) is 43.1 Å². The molecule has 9 heteroatoms. The van der Waals surface area contributed by atoms with Gasteiger partial charge in [-0.05, 0) is 75.1 Å². The van der Waals surface area contributed by atoms with Crippen LogP contribution in [0.15, 0.2) is 42.2 Å². The van der Waals surface area contributed by atoms with E-state index in [-0.39, 0.29) is 47.7 Å². The highest BCUT2D eigenvalue weighted by atomic mass is 28.4. The molecule has 2 rings (SSSR count). The van der Waals surface area contributed by atoms with Crippen molar-refractivity contribution in [2.24, 2.45) is 11.8 Å². The maximum absolute atomic E-state index is 13.7. The number of allylic oxidation sites excluding steroid dienone is 6. The van der Waals surface area contributed by atoms with Crippen LogP contribution in [-0.4, -0.2) is 58.1 Å². The highest BCUT2D eigenvalue weighted by Crippen LogP contribution is 2.46. The van der Waals surface area contributed by atoms with E-state index in [1.54, 1.807) is 12.3 Å². The third-order valence-electron chi connectivity index (χ3n) is 9.14. The molecule has 8 nitrogen and oxygen atoms in total. The van der Waals surface area contributed by atoms with Crippen molar-refractivity contribution in [3.8, 4) is 11.6 Å². The van der Waals surface area contributed by atoms with Crippen molar-refractivity contribution in [2.75, 3.05) is 27.8 Å². The Morgan fingerprint density at radius 1 is 1.09 bits per heavy atom. The number of aromatic nitrogens is 1. The average molecular weight is 646 g/mol. The number of hydrogen-bond acceptors (Lipinski definition) is 8. The molecule has 1 aliphatic rings. The smallest absolute Gasteiger partial charge is 0.230 e. The van der Waals surface area contributed by atoms with Gasteiger partial charge < -0.3 is 28.5 Å². The van der Waals surface area contributed by atoms with Crippen LogP contribution >= 0.6 is 0 Å². The maximum Gasteiger partial charge on any atom is 0.230 e. The zero-order valence-corrected chi connectivity index (χ0v) is 30.7. The summed E-state index contributed by atoms with van der Waals surface area (Å²) in [6.45, 7) is 19.8. The van der Waals surface area contributed by atoms with Crippen LogP contribution in [0.4, 0.5) is 0 Å². The second-order valence-corrected chi connectivity index (χ2v) is 18.9. The summed E-state index contributed by atoms with van der Waals surface area (Å²) in [7, 11) is 1.05. The minimum atomic E-state index is -1.96. The van der Waals surface area contributed by atoms with Crippen LogP contribution in [0.25, 0.3) is 0 Å². The van der Waals surface area contributed by atoms with Gasteiger partial charge in [-0.1, -0.05) is 77.8 Å². The van der Waals surface area contributed by atoms with Crippen LogP contribution in [0.3, 0.4) is 0 Å². The average Bonchev–Trinajstić information content (AvgIpc) is 2.97. The number of hydrogen-bond donors (Lipinski definition) is 1. The lowest BCUT2D eigenvalue weighted by Gasteiger charge is -2.43. The number of rotatable bonds is 17. The van der Waals surface area contributed by atoms with E-state index in [4.69, 9.17) is 23.4 Å². The molecule has 1 aliphatic carbocycles. The van der Waals surface area contributed by atoms with Crippen LogP contribution in [0.1, 0.15) is 103 Å². The molecule has 1 aromatic rings. The summed E-state index contributed by atoms with van der Waals surface area (Å²) in [5.74, 6) is 1.07. The predicted octanol–water partition coefficient (Wildman–Crippen LogP) is 8.51. The fourth-order valence-electron chi connectivity index (χ4n) is 5.38. The Bertz CT molecular complexity index is 1180. The van der Waals surface area contributed by atoms with Gasteiger partial charge in [-0.3, -0.25) is 4.79 Å². The van der Waals surface area contributed by atoms with E-state index >= 15 is 0 Å². The summed E-state index contributed by atoms with van der Waals surface area (Å²) in [5.41, 5.74) is 0.441. The zero-order chi connectivity index (χ0) is 33.8. The number of methoxy groups -OCH3 is 2. The number of carbonyl (C=O) groups excluding carboxylic acids is 1. The van der Waals surface area contributed by atoms with Gasteiger partial charge in [0, 0.05) is 32.1 Å². The van der Waals surface area contributed by atoms with Crippen molar-refractivity contribution in [1.29, 1.82) is 0 Å². The third kappa shape index (κ3) is 11.5. The van der Waals surface area contributed by atoms with Crippen LogP contribution in [0, 0.1) is 11.8 Å². The highest BCUT2D eigenvalue weighted by molar-refractivity contribution is 6.74. The Hall–Kier alpha value is -2.30. The Labute approximate surface area is 273 Å². The molecule has 0 bridgehead atoms. The number of carbonyl (C=O) groups is 1. The first-order valence-electron chi connectivity index (χ1n) is 16.3. The van der Waals surface area contributed by atoms with Crippen molar-refractivity contribution in [3.05, 3.63) is 53.3 Å². The van der Waals surface area contributed by atoms with Gasteiger partial charge in [0.05, 0.1) is 5.60 Å². The largest absolute Gasteiger partial charge is 0.466 e. The highest BCUT2D eigenvalue weighted by Gasteiger charge is 2.44. The van der Waals surface area contributed by atoms with Gasteiger partial charge in [-0.25, -0.2) is 4.98 Å². The summed E-state index contributed by atoms with van der Waals surface area (Å²) in [6, 6.07) is 0. The van der Waals surface area contributed by atoms with Crippen molar-refractivity contribution < 1.29 is 33.3 Å². The molecule has 1 fully saturated rings. The Balaban J connectivity index is 2.39. The van der Waals surface area contributed by atoms with Gasteiger partial charge in [0.25, 0.3) is 0 Å². The molecule has 0 aromatic carbocycles. The van der Waals surface area contributed by atoms with Gasteiger partial charge in [-0.2, -0.15) is 0 Å². The van der Waals surface area contributed by atoms with Crippen molar-refractivity contribution in [1.82, 2.24) is 4.98 Å². The summed E-state index contributed by atoms with van der Waals surface area (Å²) in [5, 5.41) is 12.1. The molecule has 1 aromatic heterocycles. The zero-order valence-electron chi connectivity index (χ0n) is 29.7. The molecule has 254 valence electrons. The van der Waals surface area contributed by atoms with E-state index in [1.807, 2.05) is 12.2 Å². The van der Waals surface area contributed by atoms with Crippen molar-refractivity contribution >= 4 is 14.1 Å². The van der Waals surface area contributed by atoms with E-state index in [9.17, 15) is 9.90 Å². The summed E-state index contributed by atoms with van der Waals surface area (Å²) < 4.78 is 28.7. The molecule has 0 radical (unpaired) electrons. The van der Waals surface area contributed by atoms with Gasteiger partial charge in [0.1, 0.15) is 11.3 Å². The lowest BCUT2D eigenvalue weighted by atomic mass is 9.78. The fraction of sp³-hybridized carbons (Fsp3) is 0.667. The van der Waals surface area contributed by atoms with Crippen LogP contribution in [0.2, 0.25) is 18.1 Å². The Morgan fingerprint density at radius 3 is 2.27 bits per heavy atom. The van der Waals surface area contributed by atoms with E-state index < -0.39 is 13.9 Å². The molecule has 1 saturated carbocycles. The fourth-order valence-corrected chi connectivity index (χ4v) is 6.80. The first-order chi connectivity index (χ1) is 21.1. The maximum atomic E-state index is 13.7. The first kappa shape index (κ1) is 38.9. The minimum Gasteiger partial charge on any atom is -0.466 e. The number of aliphatic hydroxyl groups is 1. The van der Waals surface area contributed by atoms with Crippen LogP contribution in [-0.2, 0) is 19.5 Å². The van der Waals surface area contributed by atoms with Crippen LogP contribution in [0.5, 0.6) is 11.6 Å². The molecule has 45 heavy (non-hydrogen) atoms. The molecule has 1 heterocycles. The molecule has 0 amide bonds. The summed E-state index contributed by atoms with van der Waals surface area (Å²) in [6.07, 6.45) is 15.4. The number of pyridine rings is 1. The van der Waals surface area contributed by atoms with E-state index in [1.165, 1.54) is 26.7 Å². The van der Waals surface area contributed by atoms with Crippen LogP contribution < -0.4 is 9.47 Å². The number of ketones is 1. The monoisotopic (exact) mass is 645 g/mol. The first-order valence-corrected chi connectivity index (χ1v) is 19.2. The van der Waals surface area contributed by atoms with E-state index in [0.717, 1.165) is 12.0 Å². The second kappa shape index (κ2) is 17.6. The summed E-state index contributed by atoms with van der Waals surface area (Å²) >= 11 is 0. The second-order valence-electron chi connectivity index (χ2n) is 14.1. The van der Waals surface area contributed by atoms with Gasteiger partial charge in [0.2, 0.25) is 5.88 Å². The Morgan fingerprint density at radius 2 is 1.69 bits per heavy atom. The standard InChI is InChI=1S/C36H59NO7Si/c1-12-26(2)21-28(4)22-27(3)15-13-14-16-31(38)32-33(42-24-40-8)30(23-37-34(32)43-25-41-9)36(39)19-17-29(18-20-36)44-45(10,11)35(5,6)7/h13-16,22-23,26,28-29,39H,12,17-21,24-25H2,1-11H3/b15-13+,16-14+,27-22+/t26-,28-,29?,36?/m1/s1. The molecule has 1 N–H and O–H groups in total. The molecule has 0 spiro atoms. The van der Waals surface area contributed by atoms with Gasteiger partial charge in [-0.15, -0.1) is 0 Å². The van der Waals surface area contributed by atoms with Gasteiger partial charge in [0.15, 0.2) is 27.7 Å². The normalized spacial score (nSPS) is 21.3. The number of ether oxygens (including phenoxy) is 4.